The van der Waals surface area contributed by atoms with E-state index < -0.39 is 0 Å². The lowest BCUT2D eigenvalue weighted by Crippen LogP contribution is -2.40. The molecule has 0 aliphatic carbocycles. The molecular formula is C22H21N5OS. The van der Waals surface area contributed by atoms with Crippen LogP contribution in [0.2, 0.25) is 0 Å². The van der Waals surface area contributed by atoms with Gasteiger partial charge in [0.15, 0.2) is 5.69 Å². The number of hydrogen-bond acceptors (Lipinski definition) is 5. The number of imidazole rings is 1. The largest absolute Gasteiger partial charge is 0.336 e. The highest BCUT2D eigenvalue weighted by Gasteiger charge is 2.31. The number of aromatic nitrogens is 4. The van der Waals surface area contributed by atoms with Crippen molar-refractivity contribution >= 4 is 28.5 Å². The number of amides is 1. The molecule has 0 bridgehead atoms. The molecule has 146 valence electrons. The first-order valence-electron chi connectivity index (χ1n) is 9.81. The Labute approximate surface area is 173 Å². The Morgan fingerprint density at radius 2 is 1.90 bits per heavy atom. The fourth-order valence-corrected chi connectivity index (χ4v) is 4.82. The number of likely N-dealkylation sites (tertiary alicyclic amines) is 1. The minimum absolute atomic E-state index is 0.0407. The molecule has 3 heterocycles. The first-order chi connectivity index (χ1) is 14.2. The third-order valence-electron chi connectivity index (χ3n) is 5.62. The average Bonchev–Trinajstić information content (AvgIpc) is 3.39. The van der Waals surface area contributed by atoms with Crippen molar-refractivity contribution in [2.45, 2.75) is 18.8 Å². The van der Waals surface area contributed by atoms with Crippen LogP contribution in [0.1, 0.15) is 35.1 Å². The monoisotopic (exact) mass is 403 g/mol. The quantitative estimate of drug-likeness (QED) is 0.516. The maximum absolute atomic E-state index is 13.3. The van der Waals surface area contributed by atoms with Crippen LogP contribution in [0.5, 0.6) is 0 Å². The smallest absolute Gasteiger partial charge is 0.275 e. The molecule has 0 radical (unpaired) electrons. The maximum Gasteiger partial charge on any atom is 0.275 e. The molecule has 1 atom stereocenters. The standard InChI is InChI=1S/C22H21N5OS/c1-26-18-12-6-5-11-17(18)23-21(26)16-10-7-13-27(14-16)22(28)19-20(29-25-24-19)15-8-3-2-4-9-15/h2-6,8-9,11-12,16H,7,10,13-14H2,1H3. The molecule has 2 aromatic heterocycles. The number of nitrogens with zero attached hydrogens (tertiary/aromatic N) is 5. The van der Waals surface area contributed by atoms with Crippen LogP contribution >= 0.6 is 11.5 Å². The number of benzene rings is 2. The molecule has 1 aliphatic rings. The summed E-state index contributed by atoms with van der Waals surface area (Å²) < 4.78 is 6.22. The predicted octanol–water partition coefficient (Wildman–Crippen LogP) is 4.11. The molecule has 1 amide bonds. The Bertz CT molecular complexity index is 1170. The van der Waals surface area contributed by atoms with E-state index in [1.165, 1.54) is 11.5 Å². The van der Waals surface area contributed by atoms with Gasteiger partial charge >= 0.3 is 0 Å². The van der Waals surface area contributed by atoms with Crippen LogP contribution in [-0.4, -0.2) is 43.0 Å². The van der Waals surface area contributed by atoms with Crippen molar-refractivity contribution in [3.05, 3.63) is 66.1 Å². The van der Waals surface area contributed by atoms with Crippen LogP contribution in [0.25, 0.3) is 21.5 Å². The van der Waals surface area contributed by atoms with Gasteiger partial charge in [-0.2, -0.15) is 0 Å². The number of carbonyl (C=O) groups excluding carboxylic acids is 1. The number of aryl methyl sites for hydroxylation is 1. The van der Waals surface area contributed by atoms with Gasteiger partial charge in [-0.3, -0.25) is 4.79 Å². The SMILES string of the molecule is Cn1c(C2CCCN(C(=O)c3nnsc3-c3ccccc3)C2)nc2ccccc21. The van der Waals surface area contributed by atoms with Crippen LogP contribution in [0.3, 0.4) is 0 Å². The minimum Gasteiger partial charge on any atom is -0.336 e. The fourth-order valence-electron chi connectivity index (χ4n) is 4.16. The molecule has 1 unspecified atom stereocenters. The molecule has 2 aromatic carbocycles. The van der Waals surface area contributed by atoms with E-state index in [9.17, 15) is 4.79 Å². The summed E-state index contributed by atoms with van der Waals surface area (Å²) in [5.74, 6) is 1.22. The fraction of sp³-hybridized carbons (Fsp3) is 0.273. The summed E-state index contributed by atoms with van der Waals surface area (Å²) in [5.41, 5.74) is 3.56. The average molecular weight is 404 g/mol. The molecule has 5 rings (SSSR count). The first kappa shape index (κ1) is 18.0. The van der Waals surface area contributed by atoms with Gasteiger partial charge in [0, 0.05) is 26.1 Å². The van der Waals surface area contributed by atoms with E-state index in [1.807, 2.05) is 53.4 Å². The van der Waals surface area contributed by atoms with Crippen LogP contribution in [0.15, 0.2) is 54.6 Å². The van der Waals surface area contributed by atoms with Crippen molar-refractivity contribution in [3.8, 4) is 10.4 Å². The van der Waals surface area contributed by atoms with E-state index in [4.69, 9.17) is 4.98 Å². The van der Waals surface area contributed by atoms with Crippen molar-refractivity contribution in [1.29, 1.82) is 0 Å². The number of carbonyl (C=O) groups is 1. The van der Waals surface area contributed by atoms with Crippen molar-refractivity contribution in [3.63, 3.8) is 0 Å². The van der Waals surface area contributed by atoms with Crippen LogP contribution in [0, 0.1) is 0 Å². The second-order valence-electron chi connectivity index (χ2n) is 7.42. The molecule has 1 fully saturated rings. The summed E-state index contributed by atoms with van der Waals surface area (Å²) in [5, 5.41) is 4.17. The van der Waals surface area contributed by atoms with E-state index >= 15 is 0 Å². The van der Waals surface area contributed by atoms with E-state index in [0.29, 0.717) is 12.2 Å². The van der Waals surface area contributed by atoms with Gasteiger partial charge in [0.25, 0.3) is 5.91 Å². The molecule has 6 nitrogen and oxygen atoms in total. The van der Waals surface area contributed by atoms with Gasteiger partial charge in [0.2, 0.25) is 0 Å². The molecule has 7 heteroatoms. The van der Waals surface area contributed by atoms with Gasteiger partial charge in [-0.1, -0.05) is 47.0 Å². The third kappa shape index (κ3) is 3.21. The summed E-state index contributed by atoms with van der Waals surface area (Å²) in [6.45, 7) is 1.40. The molecule has 4 aromatic rings. The van der Waals surface area contributed by atoms with E-state index in [2.05, 4.69) is 27.3 Å². The van der Waals surface area contributed by atoms with Crippen molar-refractivity contribution in [2.24, 2.45) is 7.05 Å². The molecule has 1 aliphatic heterocycles. The molecular weight excluding hydrogens is 382 g/mol. The highest BCUT2D eigenvalue weighted by molar-refractivity contribution is 7.09. The van der Waals surface area contributed by atoms with Crippen molar-refractivity contribution in [1.82, 2.24) is 24.0 Å². The second kappa shape index (κ2) is 7.40. The second-order valence-corrected chi connectivity index (χ2v) is 8.18. The number of para-hydroxylation sites is 2. The van der Waals surface area contributed by atoms with Crippen molar-refractivity contribution < 1.29 is 4.79 Å². The predicted molar refractivity (Wildman–Crippen MR) is 114 cm³/mol. The maximum atomic E-state index is 13.3. The Morgan fingerprint density at radius 3 is 2.72 bits per heavy atom. The summed E-state index contributed by atoms with van der Waals surface area (Å²) in [7, 11) is 2.06. The lowest BCUT2D eigenvalue weighted by Gasteiger charge is -2.32. The van der Waals surface area contributed by atoms with Crippen molar-refractivity contribution in [2.75, 3.05) is 13.1 Å². The summed E-state index contributed by atoms with van der Waals surface area (Å²) >= 11 is 1.27. The minimum atomic E-state index is -0.0407. The van der Waals surface area contributed by atoms with Gasteiger partial charge in [0.1, 0.15) is 5.82 Å². The van der Waals surface area contributed by atoms with Gasteiger partial charge < -0.3 is 9.47 Å². The number of hydrogen-bond donors (Lipinski definition) is 0. The Hall–Kier alpha value is -3.06. The normalized spacial score (nSPS) is 17.0. The zero-order valence-corrected chi connectivity index (χ0v) is 17.0. The zero-order valence-electron chi connectivity index (χ0n) is 16.2. The van der Waals surface area contributed by atoms with E-state index in [-0.39, 0.29) is 11.8 Å². The Balaban J connectivity index is 1.42. The van der Waals surface area contributed by atoms with Crippen LogP contribution in [-0.2, 0) is 7.05 Å². The first-order valence-corrected chi connectivity index (χ1v) is 10.6. The summed E-state index contributed by atoms with van der Waals surface area (Å²) in [6, 6.07) is 18.0. The van der Waals surface area contributed by atoms with Gasteiger partial charge in [-0.25, -0.2) is 4.98 Å². The molecule has 1 saturated heterocycles. The lowest BCUT2D eigenvalue weighted by atomic mass is 9.96. The third-order valence-corrected chi connectivity index (χ3v) is 6.40. The van der Waals surface area contributed by atoms with Gasteiger partial charge in [-0.15, -0.1) is 5.10 Å². The van der Waals surface area contributed by atoms with Gasteiger partial charge in [-0.05, 0) is 42.1 Å². The Kier molecular flexibility index (Phi) is 4.60. The molecule has 0 N–H and O–H groups in total. The number of rotatable bonds is 3. The van der Waals surface area contributed by atoms with Crippen LogP contribution < -0.4 is 0 Å². The summed E-state index contributed by atoms with van der Waals surface area (Å²) in [6.07, 6.45) is 1.99. The number of fused-ring (bicyclic) bond motifs is 1. The Morgan fingerprint density at radius 1 is 1.10 bits per heavy atom. The summed E-state index contributed by atoms with van der Waals surface area (Å²) in [4.78, 5) is 20.9. The lowest BCUT2D eigenvalue weighted by molar-refractivity contribution is 0.0698. The highest BCUT2D eigenvalue weighted by Crippen LogP contribution is 2.31. The van der Waals surface area contributed by atoms with E-state index in [1.54, 1.807) is 0 Å². The number of piperidine rings is 1. The van der Waals surface area contributed by atoms with Gasteiger partial charge in [0.05, 0.1) is 15.9 Å². The van der Waals surface area contributed by atoms with E-state index in [0.717, 1.165) is 46.7 Å². The van der Waals surface area contributed by atoms with Crippen LogP contribution in [0.4, 0.5) is 0 Å². The highest BCUT2D eigenvalue weighted by atomic mass is 32.1. The molecule has 29 heavy (non-hydrogen) atoms. The zero-order chi connectivity index (χ0) is 19.8. The molecule has 0 saturated carbocycles. The topological polar surface area (TPSA) is 63.9 Å². The molecule has 0 spiro atoms.